The summed E-state index contributed by atoms with van der Waals surface area (Å²) in [6.45, 7) is 8.15. The number of carbonyl (C=O) groups is 3. The highest BCUT2D eigenvalue weighted by atomic mass is 35.5. The lowest BCUT2D eigenvalue weighted by atomic mass is 9.99. The molecule has 2 atom stereocenters. The van der Waals surface area contributed by atoms with Crippen LogP contribution >= 0.6 is 11.6 Å². The maximum atomic E-state index is 14.3. The molecule has 0 aliphatic heterocycles. The number of rotatable bonds is 10. The number of alkyl carbamates (subject to hydrolysis) is 1. The molecule has 0 aliphatic carbocycles. The summed E-state index contributed by atoms with van der Waals surface area (Å²) in [5.74, 6) is -1.10. The minimum Gasteiger partial charge on any atom is -0.508 e. The minimum absolute atomic E-state index is 0.0338. The smallest absolute Gasteiger partial charge is 0.408 e. The lowest BCUT2D eigenvalue weighted by molar-refractivity contribution is -0.141. The van der Waals surface area contributed by atoms with Crippen LogP contribution < -0.4 is 10.6 Å². The summed E-state index contributed by atoms with van der Waals surface area (Å²) in [5, 5.41) is 25.6. The molecule has 4 N–H and O–H groups in total. The van der Waals surface area contributed by atoms with Gasteiger partial charge in [0.1, 0.15) is 23.4 Å². The van der Waals surface area contributed by atoms with E-state index in [-0.39, 0.29) is 18.7 Å². The number of amides is 3. The van der Waals surface area contributed by atoms with E-state index in [9.17, 15) is 24.6 Å². The number of nitrogens with one attached hydrogen (secondary N) is 2. The van der Waals surface area contributed by atoms with E-state index in [1.807, 2.05) is 13.0 Å². The van der Waals surface area contributed by atoms with Crippen LogP contribution in [0, 0.1) is 13.8 Å². The Kier molecular flexibility index (Phi) is 11.0. The summed E-state index contributed by atoms with van der Waals surface area (Å²) in [5.41, 5.74) is 2.34. The van der Waals surface area contributed by atoms with Crippen molar-refractivity contribution in [3.63, 3.8) is 0 Å². The average molecular weight is 596 g/mol. The number of phenolic OH excluding ortho intramolecular Hbond substituents is 1. The third-order valence-corrected chi connectivity index (χ3v) is 6.69. The molecule has 42 heavy (non-hydrogen) atoms. The quantitative estimate of drug-likeness (QED) is 0.252. The first-order valence-electron chi connectivity index (χ1n) is 13.6. The van der Waals surface area contributed by atoms with E-state index >= 15 is 0 Å². The van der Waals surface area contributed by atoms with Crippen molar-refractivity contribution in [3.05, 3.63) is 94.0 Å². The number of halogens is 1. The number of hydrogen-bond acceptors (Lipinski definition) is 6. The van der Waals surface area contributed by atoms with Crippen LogP contribution in [0.3, 0.4) is 0 Å². The number of hydrogen-bond donors (Lipinski definition) is 4. The van der Waals surface area contributed by atoms with Gasteiger partial charge in [0.25, 0.3) is 5.91 Å². The van der Waals surface area contributed by atoms with Crippen molar-refractivity contribution < 1.29 is 29.3 Å². The van der Waals surface area contributed by atoms with Gasteiger partial charge in [0.15, 0.2) is 0 Å². The van der Waals surface area contributed by atoms with E-state index in [1.165, 1.54) is 17.0 Å². The number of phenols is 1. The third kappa shape index (κ3) is 8.96. The zero-order valence-corrected chi connectivity index (χ0v) is 25.2. The van der Waals surface area contributed by atoms with Gasteiger partial charge in [0.05, 0.1) is 17.3 Å². The van der Waals surface area contributed by atoms with Crippen LogP contribution in [0.2, 0.25) is 5.02 Å². The Morgan fingerprint density at radius 2 is 1.67 bits per heavy atom. The van der Waals surface area contributed by atoms with Crippen molar-refractivity contribution in [1.29, 1.82) is 0 Å². The van der Waals surface area contributed by atoms with Gasteiger partial charge in [-0.3, -0.25) is 9.59 Å². The SMILES string of the molecule is Cc1cccc(C(C(=O)Nc2c(C)cccc2Cl)N(CCO)C(=O)C(Cc2ccc(O)cc2)NC(=O)OC(C)(C)C)c1. The molecular weight excluding hydrogens is 558 g/mol. The molecule has 3 aromatic rings. The predicted octanol–water partition coefficient (Wildman–Crippen LogP) is 5.30. The first kappa shape index (κ1) is 32.4. The average Bonchev–Trinajstić information content (AvgIpc) is 2.90. The summed E-state index contributed by atoms with van der Waals surface area (Å²) in [4.78, 5) is 42.4. The van der Waals surface area contributed by atoms with Gasteiger partial charge in [0.2, 0.25) is 5.91 Å². The fraction of sp³-hybridized carbons (Fsp3) is 0.344. The van der Waals surface area contributed by atoms with Crippen molar-refractivity contribution in [1.82, 2.24) is 10.2 Å². The number of anilines is 1. The molecule has 3 rings (SSSR count). The van der Waals surface area contributed by atoms with Gasteiger partial charge in [-0.2, -0.15) is 0 Å². The summed E-state index contributed by atoms with van der Waals surface area (Å²) in [7, 11) is 0. The Bertz CT molecular complexity index is 1380. The molecule has 224 valence electrons. The van der Waals surface area contributed by atoms with Crippen LogP contribution in [-0.2, 0) is 20.7 Å². The Labute approximate surface area is 251 Å². The van der Waals surface area contributed by atoms with Gasteiger partial charge in [0, 0.05) is 13.0 Å². The number of ether oxygens (including phenoxy) is 1. The second-order valence-corrected chi connectivity index (χ2v) is 11.5. The van der Waals surface area contributed by atoms with Crippen molar-refractivity contribution in [2.75, 3.05) is 18.5 Å². The van der Waals surface area contributed by atoms with Crippen LogP contribution in [0.5, 0.6) is 5.75 Å². The molecule has 0 bridgehead atoms. The number of benzene rings is 3. The normalized spacial score (nSPS) is 12.6. The van der Waals surface area contributed by atoms with Crippen molar-refractivity contribution >= 4 is 35.2 Å². The highest BCUT2D eigenvalue weighted by molar-refractivity contribution is 6.34. The van der Waals surface area contributed by atoms with E-state index in [2.05, 4.69) is 10.6 Å². The molecule has 0 spiro atoms. The van der Waals surface area contributed by atoms with Crippen molar-refractivity contribution in [2.45, 2.75) is 58.7 Å². The molecule has 3 amide bonds. The Hall–Kier alpha value is -4.08. The predicted molar refractivity (Wildman–Crippen MR) is 163 cm³/mol. The fourth-order valence-electron chi connectivity index (χ4n) is 4.49. The molecule has 3 aromatic carbocycles. The van der Waals surface area contributed by atoms with Gasteiger partial charge in [-0.1, -0.05) is 65.7 Å². The monoisotopic (exact) mass is 595 g/mol. The van der Waals surface area contributed by atoms with Crippen LogP contribution in [0.1, 0.15) is 49.1 Å². The first-order valence-corrected chi connectivity index (χ1v) is 14.0. The van der Waals surface area contributed by atoms with Crippen LogP contribution in [-0.4, -0.2) is 57.8 Å². The standard InChI is InChI=1S/C32H38ClN3O6/c1-20-8-6-10-23(18-20)28(29(39)35-27-21(2)9-7-11-25(27)33)36(16-17-37)30(40)26(34-31(41)42-32(3,4)5)19-22-12-14-24(38)15-13-22/h6-15,18,26,28,37-38H,16-17,19H2,1-5H3,(H,34,41)(H,35,39). The summed E-state index contributed by atoms with van der Waals surface area (Å²) < 4.78 is 5.42. The molecule has 9 nitrogen and oxygen atoms in total. The molecule has 0 saturated carbocycles. The number of nitrogens with zero attached hydrogens (tertiary/aromatic N) is 1. The zero-order valence-electron chi connectivity index (χ0n) is 24.5. The molecule has 2 unspecified atom stereocenters. The van der Waals surface area contributed by atoms with Crippen molar-refractivity contribution in [3.8, 4) is 5.75 Å². The molecule has 0 aromatic heterocycles. The number of carbonyl (C=O) groups excluding carboxylic acids is 3. The number of aliphatic hydroxyl groups excluding tert-OH is 1. The summed E-state index contributed by atoms with van der Waals surface area (Å²) in [6, 6.07) is 16.3. The van der Waals surface area contributed by atoms with Crippen LogP contribution in [0.15, 0.2) is 66.7 Å². The second kappa shape index (κ2) is 14.2. The molecule has 0 saturated heterocycles. The Balaban J connectivity index is 2.07. The molecule has 10 heteroatoms. The highest BCUT2D eigenvalue weighted by Gasteiger charge is 2.36. The lowest BCUT2D eigenvalue weighted by Crippen LogP contribution is -2.53. The van der Waals surface area contributed by atoms with Gasteiger partial charge in [-0.25, -0.2) is 4.79 Å². The number of para-hydroxylation sites is 1. The molecule has 0 heterocycles. The summed E-state index contributed by atoms with van der Waals surface area (Å²) in [6.07, 6.45) is -0.779. The zero-order chi connectivity index (χ0) is 31.0. The van der Waals surface area contributed by atoms with E-state index < -0.39 is 42.2 Å². The van der Waals surface area contributed by atoms with Crippen LogP contribution in [0.25, 0.3) is 0 Å². The maximum Gasteiger partial charge on any atom is 0.408 e. The van der Waals surface area contributed by atoms with E-state index in [1.54, 1.807) is 76.2 Å². The lowest BCUT2D eigenvalue weighted by Gasteiger charge is -2.34. The fourth-order valence-corrected chi connectivity index (χ4v) is 4.76. The van der Waals surface area contributed by atoms with Gasteiger partial charge in [-0.05, 0) is 69.5 Å². The van der Waals surface area contributed by atoms with Gasteiger partial charge >= 0.3 is 6.09 Å². The Morgan fingerprint density at radius 3 is 2.26 bits per heavy atom. The second-order valence-electron chi connectivity index (χ2n) is 11.1. The van der Waals surface area contributed by atoms with Gasteiger partial charge < -0.3 is 30.5 Å². The largest absolute Gasteiger partial charge is 0.508 e. The number of aromatic hydroxyl groups is 1. The van der Waals surface area contributed by atoms with E-state index in [0.717, 1.165) is 11.1 Å². The highest BCUT2D eigenvalue weighted by Crippen LogP contribution is 2.30. The topological polar surface area (TPSA) is 128 Å². The Morgan fingerprint density at radius 1 is 1.00 bits per heavy atom. The molecule has 0 aliphatic rings. The van der Waals surface area contributed by atoms with E-state index in [0.29, 0.717) is 21.8 Å². The molecule has 0 radical (unpaired) electrons. The van der Waals surface area contributed by atoms with Crippen LogP contribution in [0.4, 0.5) is 10.5 Å². The van der Waals surface area contributed by atoms with Crippen molar-refractivity contribution in [2.24, 2.45) is 0 Å². The third-order valence-electron chi connectivity index (χ3n) is 6.38. The summed E-state index contributed by atoms with van der Waals surface area (Å²) >= 11 is 6.40. The molecule has 0 fully saturated rings. The van der Waals surface area contributed by atoms with Gasteiger partial charge in [-0.15, -0.1) is 0 Å². The maximum absolute atomic E-state index is 14.3. The minimum atomic E-state index is -1.18. The van der Waals surface area contributed by atoms with E-state index in [4.69, 9.17) is 16.3 Å². The number of aryl methyl sites for hydroxylation is 2. The number of aliphatic hydroxyl groups is 1. The molecular formula is C32H38ClN3O6. The first-order chi connectivity index (χ1) is 19.8.